The Labute approximate surface area is 168 Å². The van der Waals surface area contributed by atoms with E-state index in [0.29, 0.717) is 18.7 Å². The molecular weight excluding hydrogens is 402 g/mol. The molecule has 0 bridgehead atoms. The van der Waals surface area contributed by atoms with Gasteiger partial charge in [0.25, 0.3) is 5.91 Å². The minimum absolute atomic E-state index is 0.00222. The number of rotatable bonds is 9. The summed E-state index contributed by atoms with van der Waals surface area (Å²) in [4.78, 5) is 23.9. The van der Waals surface area contributed by atoms with Gasteiger partial charge in [-0.15, -0.1) is 0 Å². The summed E-state index contributed by atoms with van der Waals surface area (Å²) in [6.07, 6.45) is -0.0255. The van der Waals surface area contributed by atoms with E-state index in [2.05, 4.69) is 10.6 Å². The van der Waals surface area contributed by atoms with Crippen molar-refractivity contribution in [2.75, 3.05) is 25.0 Å². The van der Waals surface area contributed by atoms with Crippen molar-refractivity contribution in [3.8, 4) is 5.75 Å². The molecule has 2 rings (SSSR count). The number of carbonyl (C=O) groups is 2. The van der Waals surface area contributed by atoms with Gasteiger partial charge in [-0.1, -0.05) is 13.8 Å². The van der Waals surface area contributed by atoms with Gasteiger partial charge in [0, 0.05) is 37.0 Å². The summed E-state index contributed by atoms with van der Waals surface area (Å²) in [7, 11) is -3.71. The Morgan fingerprint density at radius 2 is 1.89 bits per heavy atom. The van der Waals surface area contributed by atoms with Crippen LogP contribution in [0.15, 0.2) is 39.9 Å². The average Bonchev–Trinajstić information content (AvgIpc) is 3.19. The zero-order chi connectivity index (χ0) is 20.7. The molecule has 1 aromatic heterocycles. The number of benzene rings is 1. The molecule has 0 aliphatic rings. The maximum absolute atomic E-state index is 12.6. The van der Waals surface area contributed by atoms with Crippen molar-refractivity contribution in [3.05, 3.63) is 40.6 Å². The maximum atomic E-state index is 12.6. The number of sulfonamides is 1. The second-order valence-electron chi connectivity index (χ2n) is 5.83. The predicted octanol–water partition coefficient (Wildman–Crippen LogP) is 2.24. The number of carbonyl (C=O) groups excluding carboxylic acids is 2. The lowest BCUT2D eigenvalue weighted by atomic mass is 10.2. The van der Waals surface area contributed by atoms with Gasteiger partial charge in [-0.05, 0) is 29.6 Å². The third-order valence-electron chi connectivity index (χ3n) is 4.01. The highest BCUT2D eigenvalue weighted by atomic mass is 32.2. The Kier molecular flexibility index (Phi) is 7.55. The van der Waals surface area contributed by atoms with Crippen molar-refractivity contribution in [1.29, 1.82) is 0 Å². The largest absolute Gasteiger partial charge is 0.506 e. The summed E-state index contributed by atoms with van der Waals surface area (Å²) in [6.45, 7) is 4.19. The second-order valence-corrected chi connectivity index (χ2v) is 8.55. The number of amides is 2. The van der Waals surface area contributed by atoms with Crippen LogP contribution >= 0.6 is 11.3 Å². The van der Waals surface area contributed by atoms with Crippen molar-refractivity contribution in [2.24, 2.45) is 0 Å². The smallest absolute Gasteiger partial charge is 0.252 e. The van der Waals surface area contributed by atoms with Crippen LogP contribution in [0.2, 0.25) is 0 Å². The fraction of sp³-hybridized carbons (Fsp3) is 0.333. The molecule has 0 fully saturated rings. The number of nitrogens with zero attached hydrogens (tertiary/aromatic N) is 1. The van der Waals surface area contributed by atoms with Crippen LogP contribution in [0.4, 0.5) is 5.69 Å². The fourth-order valence-electron chi connectivity index (χ4n) is 2.49. The minimum atomic E-state index is -3.71. The predicted molar refractivity (Wildman–Crippen MR) is 108 cm³/mol. The molecule has 152 valence electrons. The molecule has 0 unspecified atom stereocenters. The molecule has 0 saturated carbocycles. The van der Waals surface area contributed by atoms with Gasteiger partial charge < -0.3 is 15.7 Å². The third kappa shape index (κ3) is 5.31. The molecule has 3 N–H and O–H groups in total. The van der Waals surface area contributed by atoms with Crippen LogP contribution in [-0.4, -0.2) is 49.3 Å². The molecule has 0 saturated heterocycles. The van der Waals surface area contributed by atoms with Crippen LogP contribution < -0.4 is 10.6 Å². The number of nitrogens with one attached hydrogen (secondary N) is 2. The van der Waals surface area contributed by atoms with Gasteiger partial charge in [0.15, 0.2) is 0 Å². The molecule has 0 radical (unpaired) electrons. The topological polar surface area (TPSA) is 116 Å². The van der Waals surface area contributed by atoms with Gasteiger partial charge in [-0.3, -0.25) is 9.59 Å². The zero-order valence-corrected chi connectivity index (χ0v) is 17.3. The first-order chi connectivity index (χ1) is 13.3. The number of hydrogen-bond donors (Lipinski definition) is 3. The average molecular weight is 426 g/mol. The van der Waals surface area contributed by atoms with Crippen LogP contribution in [0, 0.1) is 0 Å². The molecule has 10 heteroatoms. The lowest BCUT2D eigenvalue weighted by molar-refractivity contribution is -0.116. The summed E-state index contributed by atoms with van der Waals surface area (Å²) in [5.41, 5.74) is 0.528. The molecule has 28 heavy (non-hydrogen) atoms. The summed E-state index contributed by atoms with van der Waals surface area (Å²) in [5, 5.41) is 18.5. The molecule has 0 atom stereocenters. The first kappa shape index (κ1) is 21.9. The van der Waals surface area contributed by atoms with Crippen LogP contribution in [-0.2, 0) is 14.8 Å². The highest BCUT2D eigenvalue weighted by Gasteiger charge is 2.23. The van der Waals surface area contributed by atoms with Crippen LogP contribution in [0.25, 0.3) is 0 Å². The van der Waals surface area contributed by atoms with Crippen molar-refractivity contribution < 1.29 is 23.1 Å². The Bertz CT molecular complexity index is 923. The summed E-state index contributed by atoms with van der Waals surface area (Å²) in [5.74, 6) is -0.975. The number of phenolic OH excluding ortho intramolecular Hbond substituents is 1. The van der Waals surface area contributed by atoms with E-state index >= 15 is 0 Å². The zero-order valence-electron chi connectivity index (χ0n) is 15.6. The molecule has 8 nitrogen and oxygen atoms in total. The molecule has 0 aliphatic carbocycles. The summed E-state index contributed by atoms with van der Waals surface area (Å²) < 4.78 is 26.5. The van der Waals surface area contributed by atoms with E-state index in [1.165, 1.54) is 33.8 Å². The van der Waals surface area contributed by atoms with Crippen molar-refractivity contribution in [1.82, 2.24) is 9.62 Å². The van der Waals surface area contributed by atoms with Crippen LogP contribution in [0.1, 0.15) is 30.6 Å². The number of aromatic hydroxyl groups is 1. The highest BCUT2D eigenvalue weighted by molar-refractivity contribution is 7.89. The second kappa shape index (κ2) is 9.67. The summed E-state index contributed by atoms with van der Waals surface area (Å²) >= 11 is 1.40. The van der Waals surface area contributed by atoms with Gasteiger partial charge in [-0.2, -0.15) is 15.6 Å². The molecule has 0 aliphatic heterocycles. The first-order valence-corrected chi connectivity index (χ1v) is 11.1. The SMILES string of the molecule is CCN(CC)S(=O)(=O)c1ccc(O)c(NC(=O)CCNC(=O)c2ccsc2)c1. The van der Waals surface area contributed by atoms with E-state index in [-0.39, 0.29) is 35.2 Å². The van der Waals surface area contributed by atoms with E-state index in [4.69, 9.17) is 0 Å². The quantitative estimate of drug-likeness (QED) is 0.533. The van der Waals surface area contributed by atoms with Gasteiger partial charge >= 0.3 is 0 Å². The highest BCUT2D eigenvalue weighted by Crippen LogP contribution is 2.28. The molecule has 2 aromatic rings. The van der Waals surface area contributed by atoms with Crippen molar-refractivity contribution in [2.45, 2.75) is 25.2 Å². The molecule has 1 heterocycles. The molecule has 2 amide bonds. The van der Waals surface area contributed by atoms with E-state index in [9.17, 15) is 23.1 Å². The number of hydrogen-bond acceptors (Lipinski definition) is 6. The molecule has 1 aromatic carbocycles. The van der Waals surface area contributed by atoms with E-state index in [1.54, 1.807) is 30.7 Å². The van der Waals surface area contributed by atoms with E-state index in [0.717, 1.165) is 0 Å². The van der Waals surface area contributed by atoms with Gasteiger partial charge in [0.1, 0.15) is 5.75 Å². The lowest BCUT2D eigenvalue weighted by Gasteiger charge is -2.19. The fourth-order valence-corrected chi connectivity index (χ4v) is 4.61. The Morgan fingerprint density at radius 3 is 2.50 bits per heavy atom. The molecule has 0 spiro atoms. The van der Waals surface area contributed by atoms with Crippen LogP contribution in [0.5, 0.6) is 5.75 Å². The summed E-state index contributed by atoms with van der Waals surface area (Å²) in [6, 6.07) is 5.43. The standard InChI is InChI=1S/C18H23N3O5S2/c1-3-21(4-2)28(25,26)14-5-6-16(22)15(11-14)20-17(23)7-9-19-18(24)13-8-10-27-12-13/h5-6,8,10-12,22H,3-4,7,9H2,1-2H3,(H,19,24)(H,20,23). The minimum Gasteiger partial charge on any atom is -0.506 e. The number of phenols is 1. The number of thiophene rings is 1. The van der Waals surface area contributed by atoms with E-state index in [1.807, 2.05) is 0 Å². The normalized spacial score (nSPS) is 11.4. The first-order valence-electron chi connectivity index (χ1n) is 8.73. The lowest BCUT2D eigenvalue weighted by Crippen LogP contribution is -2.30. The third-order valence-corrected chi connectivity index (χ3v) is 6.74. The number of anilines is 1. The van der Waals surface area contributed by atoms with Gasteiger partial charge in [0.2, 0.25) is 15.9 Å². The van der Waals surface area contributed by atoms with Gasteiger partial charge in [0.05, 0.1) is 10.6 Å². The Hall–Kier alpha value is -2.43. The van der Waals surface area contributed by atoms with Crippen molar-refractivity contribution in [3.63, 3.8) is 0 Å². The maximum Gasteiger partial charge on any atom is 0.252 e. The Morgan fingerprint density at radius 1 is 1.18 bits per heavy atom. The van der Waals surface area contributed by atoms with Crippen molar-refractivity contribution >= 4 is 38.9 Å². The monoisotopic (exact) mass is 425 g/mol. The van der Waals surface area contributed by atoms with E-state index < -0.39 is 15.9 Å². The molecular formula is C18H23N3O5S2. The van der Waals surface area contributed by atoms with Crippen LogP contribution in [0.3, 0.4) is 0 Å². The van der Waals surface area contributed by atoms with Gasteiger partial charge in [-0.25, -0.2) is 8.42 Å². The Balaban J connectivity index is 2.01.